The topological polar surface area (TPSA) is 46.2 Å². The van der Waals surface area contributed by atoms with E-state index in [0.717, 1.165) is 14.9 Å². The van der Waals surface area contributed by atoms with Gasteiger partial charge in [0.05, 0.1) is 5.56 Å². The maximum absolute atomic E-state index is 13.0. The van der Waals surface area contributed by atoms with Gasteiger partial charge in [-0.2, -0.15) is 0 Å². The summed E-state index contributed by atoms with van der Waals surface area (Å²) in [5.74, 6) is -0.376. The molecule has 3 rings (SSSR count). The lowest BCUT2D eigenvalue weighted by molar-refractivity contribution is 0.102. The number of nitrogens with one attached hydrogen (secondary N) is 1. The molecule has 0 radical (unpaired) electrons. The smallest absolute Gasteiger partial charge is 0.256 e. The molecule has 1 aromatic heterocycles. The fraction of sp³-hybridized carbons (Fsp3) is 0.100. The summed E-state index contributed by atoms with van der Waals surface area (Å²) in [6.07, 6.45) is 0. The molecule has 1 amide bonds. The number of halogens is 2. The molecule has 0 aliphatic carbocycles. The zero-order chi connectivity index (χ0) is 18.8. The van der Waals surface area contributed by atoms with Crippen molar-refractivity contribution in [3.8, 4) is 0 Å². The highest BCUT2D eigenvalue weighted by molar-refractivity contribution is 9.10. The Morgan fingerprint density at radius 3 is 2.15 bits per heavy atom. The second-order valence-electron chi connectivity index (χ2n) is 5.78. The van der Waals surface area contributed by atoms with Gasteiger partial charge in [0.2, 0.25) is 0 Å². The van der Waals surface area contributed by atoms with Crippen LogP contribution >= 0.6 is 38.9 Å². The summed E-state index contributed by atoms with van der Waals surface area (Å²) in [6, 6.07) is 13.8. The zero-order valence-corrected chi connectivity index (χ0v) is 17.3. The fourth-order valence-corrected chi connectivity index (χ4v) is 3.95. The van der Waals surface area contributed by atoms with E-state index in [1.54, 1.807) is 36.4 Å². The van der Waals surface area contributed by atoms with Crippen molar-refractivity contribution >= 4 is 55.6 Å². The number of aryl methyl sites for hydroxylation is 1. The van der Waals surface area contributed by atoms with Gasteiger partial charge in [0.25, 0.3) is 5.91 Å². The van der Waals surface area contributed by atoms with Crippen LogP contribution in [0.1, 0.15) is 36.7 Å². The van der Waals surface area contributed by atoms with E-state index >= 15 is 0 Å². The van der Waals surface area contributed by atoms with Crippen LogP contribution in [-0.4, -0.2) is 11.7 Å². The first-order valence-corrected chi connectivity index (χ1v) is 9.82. The minimum absolute atomic E-state index is 0.106. The number of carbonyl (C=O) groups is 2. The third kappa shape index (κ3) is 3.90. The highest BCUT2D eigenvalue weighted by Crippen LogP contribution is 2.34. The van der Waals surface area contributed by atoms with E-state index in [2.05, 4.69) is 21.2 Å². The maximum Gasteiger partial charge on any atom is 0.256 e. The number of ketones is 1. The Balaban J connectivity index is 1.94. The lowest BCUT2D eigenvalue weighted by atomic mass is 10.0. The van der Waals surface area contributed by atoms with Crippen molar-refractivity contribution in [3.63, 3.8) is 0 Å². The lowest BCUT2D eigenvalue weighted by Gasteiger charge is -2.08. The SMILES string of the molecule is Cc1sc(NC(=O)c2ccc(Cl)cc2)c(C(=O)c2ccc(Br)cc2)c1C. The minimum Gasteiger partial charge on any atom is -0.313 e. The highest BCUT2D eigenvalue weighted by Gasteiger charge is 2.22. The van der Waals surface area contributed by atoms with Crippen molar-refractivity contribution in [2.24, 2.45) is 0 Å². The number of hydrogen-bond acceptors (Lipinski definition) is 3. The Bertz CT molecular complexity index is 978. The second kappa shape index (κ2) is 7.74. The quantitative estimate of drug-likeness (QED) is 0.478. The zero-order valence-electron chi connectivity index (χ0n) is 14.1. The van der Waals surface area contributed by atoms with Crippen LogP contribution in [-0.2, 0) is 0 Å². The predicted octanol–water partition coefficient (Wildman–Crippen LogP) is 6.26. The maximum atomic E-state index is 13.0. The number of thiophene rings is 1. The fourth-order valence-electron chi connectivity index (χ4n) is 2.51. The molecule has 0 unspecified atom stereocenters. The molecule has 0 bridgehead atoms. The summed E-state index contributed by atoms with van der Waals surface area (Å²) in [5.41, 5.74) is 2.49. The van der Waals surface area contributed by atoms with Gasteiger partial charge >= 0.3 is 0 Å². The summed E-state index contributed by atoms with van der Waals surface area (Å²) in [4.78, 5) is 26.5. The monoisotopic (exact) mass is 447 g/mol. The van der Waals surface area contributed by atoms with Crippen LogP contribution in [0.5, 0.6) is 0 Å². The van der Waals surface area contributed by atoms with Crippen LogP contribution in [0.3, 0.4) is 0 Å². The summed E-state index contributed by atoms with van der Waals surface area (Å²) in [7, 11) is 0. The average Bonchev–Trinajstić information content (AvgIpc) is 2.89. The number of rotatable bonds is 4. The summed E-state index contributed by atoms with van der Waals surface area (Å²) < 4.78 is 0.906. The number of amides is 1. The van der Waals surface area contributed by atoms with Crippen molar-refractivity contribution in [1.29, 1.82) is 0 Å². The molecule has 1 heterocycles. The molecular weight excluding hydrogens is 434 g/mol. The molecule has 0 aliphatic heterocycles. The molecule has 0 aliphatic rings. The van der Waals surface area contributed by atoms with Gasteiger partial charge in [0.1, 0.15) is 5.00 Å². The number of anilines is 1. The van der Waals surface area contributed by atoms with Crippen LogP contribution in [0.25, 0.3) is 0 Å². The molecule has 1 N–H and O–H groups in total. The molecule has 3 nitrogen and oxygen atoms in total. The van der Waals surface area contributed by atoms with Gasteiger partial charge in [-0.1, -0.05) is 27.5 Å². The Morgan fingerprint density at radius 1 is 0.962 bits per heavy atom. The summed E-state index contributed by atoms with van der Waals surface area (Å²) in [5, 5.41) is 4.00. The standard InChI is InChI=1S/C20H15BrClNO2S/c1-11-12(2)26-20(23-19(25)14-5-9-16(22)10-6-14)17(11)18(24)13-3-7-15(21)8-4-13/h3-10H,1-2H3,(H,23,25). The van der Waals surface area contributed by atoms with Crippen molar-refractivity contribution in [2.45, 2.75) is 13.8 Å². The van der Waals surface area contributed by atoms with Crippen molar-refractivity contribution in [1.82, 2.24) is 0 Å². The Kier molecular flexibility index (Phi) is 5.61. The largest absolute Gasteiger partial charge is 0.313 e. The van der Waals surface area contributed by atoms with E-state index in [0.29, 0.717) is 26.7 Å². The van der Waals surface area contributed by atoms with E-state index in [-0.39, 0.29) is 11.7 Å². The van der Waals surface area contributed by atoms with E-state index in [1.165, 1.54) is 11.3 Å². The van der Waals surface area contributed by atoms with Crippen molar-refractivity contribution < 1.29 is 9.59 Å². The Hall–Kier alpha value is -1.95. The molecule has 0 fully saturated rings. The van der Waals surface area contributed by atoms with Gasteiger partial charge in [0.15, 0.2) is 5.78 Å². The van der Waals surface area contributed by atoms with Gasteiger partial charge in [-0.3, -0.25) is 9.59 Å². The van der Waals surface area contributed by atoms with Gasteiger partial charge in [-0.05, 0) is 67.9 Å². The van der Waals surface area contributed by atoms with Gasteiger partial charge in [-0.15, -0.1) is 11.3 Å². The average molecular weight is 449 g/mol. The molecule has 6 heteroatoms. The van der Waals surface area contributed by atoms with Crippen molar-refractivity contribution in [2.75, 3.05) is 5.32 Å². The van der Waals surface area contributed by atoms with Gasteiger partial charge in [0, 0.05) is 25.5 Å². The second-order valence-corrected chi connectivity index (χ2v) is 8.36. The molecule has 132 valence electrons. The Labute approximate surface area is 169 Å². The minimum atomic E-state index is -0.271. The third-order valence-electron chi connectivity index (χ3n) is 4.05. The first-order valence-electron chi connectivity index (χ1n) is 7.84. The van der Waals surface area contributed by atoms with Gasteiger partial charge < -0.3 is 5.32 Å². The first-order chi connectivity index (χ1) is 12.4. The highest BCUT2D eigenvalue weighted by atomic mass is 79.9. The third-order valence-corrected chi connectivity index (χ3v) is 5.96. The molecule has 0 saturated heterocycles. The summed E-state index contributed by atoms with van der Waals surface area (Å²) in [6.45, 7) is 3.84. The van der Waals surface area contributed by atoms with E-state index < -0.39 is 0 Å². The molecule has 0 atom stereocenters. The van der Waals surface area contributed by atoms with E-state index in [4.69, 9.17) is 11.6 Å². The van der Waals surface area contributed by atoms with Crippen LogP contribution in [0.2, 0.25) is 5.02 Å². The van der Waals surface area contributed by atoms with E-state index in [1.807, 2.05) is 26.0 Å². The number of benzene rings is 2. The lowest BCUT2D eigenvalue weighted by Crippen LogP contribution is -2.14. The summed E-state index contributed by atoms with van der Waals surface area (Å²) >= 11 is 10.6. The molecule has 0 saturated carbocycles. The first kappa shape index (κ1) is 18.8. The molecule has 0 spiro atoms. The van der Waals surface area contributed by atoms with Crippen LogP contribution in [0, 0.1) is 13.8 Å². The Morgan fingerprint density at radius 2 is 1.54 bits per heavy atom. The van der Waals surface area contributed by atoms with E-state index in [9.17, 15) is 9.59 Å². The molecule has 3 aromatic rings. The molecular formula is C20H15BrClNO2S. The number of carbonyl (C=O) groups excluding carboxylic acids is 2. The van der Waals surface area contributed by atoms with Gasteiger partial charge in [-0.25, -0.2) is 0 Å². The predicted molar refractivity (Wildman–Crippen MR) is 111 cm³/mol. The normalized spacial score (nSPS) is 10.6. The van der Waals surface area contributed by atoms with Crippen molar-refractivity contribution in [3.05, 3.63) is 85.2 Å². The molecule has 26 heavy (non-hydrogen) atoms. The number of hydrogen-bond donors (Lipinski definition) is 1. The van der Waals surface area contributed by atoms with Crippen LogP contribution in [0.4, 0.5) is 5.00 Å². The van der Waals surface area contributed by atoms with Crippen LogP contribution < -0.4 is 5.32 Å². The van der Waals surface area contributed by atoms with Crippen LogP contribution in [0.15, 0.2) is 53.0 Å². The molecule has 2 aromatic carbocycles.